The molecular formula is C16H33NO. The molecule has 18 heavy (non-hydrogen) atoms. The third-order valence-electron chi connectivity index (χ3n) is 4.13. The summed E-state index contributed by atoms with van der Waals surface area (Å²) in [6, 6.07) is 0. The van der Waals surface area contributed by atoms with Gasteiger partial charge in [-0.1, -0.05) is 58.3 Å². The second-order valence-corrected chi connectivity index (χ2v) is 5.84. The summed E-state index contributed by atoms with van der Waals surface area (Å²) in [4.78, 5) is 2.24. The van der Waals surface area contributed by atoms with Gasteiger partial charge < -0.3 is 5.11 Å². The van der Waals surface area contributed by atoms with Gasteiger partial charge in [0.2, 0.25) is 0 Å². The summed E-state index contributed by atoms with van der Waals surface area (Å²) in [5, 5.41) is 9.97. The predicted octanol–water partition coefficient (Wildman–Crippen LogP) is 4.32. The molecule has 1 heterocycles. The average Bonchev–Trinajstić information content (AvgIpc) is 2.90. The van der Waals surface area contributed by atoms with Gasteiger partial charge in [0.1, 0.15) is 6.23 Å². The van der Waals surface area contributed by atoms with Crippen molar-refractivity contribution in [3.8, 4) is 0 Å². The Bertz CT molecular complexity index is 178. The van der Waals surface area contributed by atoms with E-state index in [4.69, 9.17) is 0 Å². The van der Waals surface area contributed by atoms with Crippen LogP contribution in [0.25, 0.3) is 0 Å². The van der Waals surface area contributed by atoms with E-state index in [1.807, 2.05) is 0 Å². The molecule has 1 fully saturated rings. The third-order valence-corrected chi connectivity index (χ3v) is 4.13. The maximum absolute atomic E-state index is 9.97. The molecule has 1 aliphatic rings. The molecule has 1 rings (SSSR count). The first-order valence-electron chi connectivity index (χ1n) is 8.26. The first-order valence-corrected chi connectivity index (χ1v) is 8.26. The van der Waals surface area contributed by atoms with Crippen LogP contribution in [0.5, 0.6) is 0 Å². The Morgan fingerprint density at radius 1 is 0.833 bits per heavy atom. The summed E-state index contributed by atoms with van der Waals surface area (Å²) in [6.07, 6.45) is 15.6. The smallest absolute Gasteiger partial charge is 0.107 e. The monoisotopic (exact) mass is 255 g/mol. The molecule has 1 unspecified atom stereocenters. The van der Waals surface area contributed by atoms with Crippen molar-refractivity contribution in [3.63, 3.8) is 0 Å². The van der Waals surface area contributed by atoms with E-state index in [9.17, 15) is 5.11 Å². The van der Waals surface area contributed by atoms with Crippen molar-refractivity contribution < 1.29 is 5.11 Å². The zero-order chi connectivity index (χ0) is 13.1. The Kier molecular flexibility index (Phi) is 9.59. The third kappa shape index (κ3) is 7.38. The highest BCUT2D eigenvalue weighted by Crippen LogP contribution is 2.16. The molecule has 0 bridgehead atoms. The summed E-state index contributed by atoms with van der Waals surface area (Å²) in [5.74, 6) is 0. The lowest BCUT2D eigenvalue weighted by Gasteiger charge is -2.22. The first kappa shape index (κ1) is 16.0. The highest BCUT2D eigenvalue weighted by atomic mass is 16.3. The van der Waals surface area contributed by atoms with Crippen LogP contribution >= 0.6 is 0 Å². The van der Waals surface area contributed by atoms with Gasteiger partial charge in [-0.3, -0.25) is 4.90 Å². The molecule has 2 nitrogen and oxygen atoms in total. The van der Waals surface area contributed by atoms with Crippen LogP contribution in [0.3, 0.4) is 0 Å². The van der Waals surface area contributed by atoms with Crippen molar-refractivity contribution in [1.82, 2.24) is 4.90 Å². The van der Waals surface area contributed by atoms with Crippen molar-refractivity contribution in [3.05, 3.63) is 0 Å². The predicted molar refractivity (Wildman–Crippen MR) is 78.7 cm³/mol. The minimum Gasteiger partial charge on any atom is -0.378 e. The molecular weight excluding hydrogens is 222 g/mol. The molecule has 0 aliphatic carbocycles. The summed E-state index contributed by atoms with van der Waals surface area (Å²) in [6.45, 7) is 4.49. The molecule has 0 aromatic rings. The fourth-order valence-corrected chi connectivity index (χ4v) is 2.86. The summed E-state index contributed by atoms with van der Waals surface area (Å²) < 4.78 is 0. The fraction of sp³-hybridized carbons (Fsp3) is 1.00. The topological polar surface area (TPSA) is 23.5 Å². The summed E-state index contributed by atoms with van der Waals surface area (Å²) in [5.41, 5.74) is 0. The van der Waals surface area contributed by atoms with Crippen LogP contribution in [0.4, 0.5) is 0 Å². The summed E-state index contributed by atoms with van der Waals surface area (Å²) in [7, 11) is 0. The number of unbranched alkanes of at least 4 members (excludes halogenated alkanes) is 8. The normalized spacial score (nSPS) is 18.3. The van der Waals surface area contributed by atoms with Crippen molar-refractivity contribution >= 4 is 0 Å². The summed E-state index contributed by atoms with van der Waals surface area (Å²) >= 11 is 0. The van der Waals surface area contributed by atoms with Gasteiger partial charge in [0, 0.05) is 13.1 Å². The second kappa shape index (κ2) is 10.8. The fourth-order valence-electron chi connectivity index (χ4n) is 2.86. The zero-order valence-corrected chi connectivity index (χ0v) is 12.4. The molecule has 1 atom stereocenters. The number of hydrogen-bond acceptors (Lipinski definition) is 2. The van der Waals surface area contributed by atoms with E-state index in [0.717, 1.165) is 19.5 Å². The Balaban J connectivity index is 1.80. The Morgan fingerprint density at radius 2 is 1.33 bits per heavy atom. The van der Waals surface area contributed by atoms with Gasteiger partial charge in [-0.25, -0.2) is 0 Å². The largest absolute Gasteiger partial charge is 0.378 e. The molecule has 1 aliphatic heterocycles. The van der Waals surface area contributed by atoms with Crippen LogP contribution < -0.4 is 0 Å². The molecule has 0 saturated carbocycles. The first-order chi connectivity index (χ1) is 8.84. The quantitative estimate of drug-likeness (QED) is 0.556. The van der Waals surface area contributed by atoms with Gasteiger partial charge in [-0.2, -0.15) is 0 Å². The van der Waals surface area contributed by atoms with E-state index in [0.29, 0.717) is 0 Å². The van der Waals surface area contributed by atoms with Crippen LogP contribution in [0.1, 0.15) is 84.0 Å². The molecule has 2 heteroatoms. The van der Waals surface area contributed by atoms with Crippen molar-refractivity contribution in [2.45, 2.75) is 90.2 Å². The number of aliphatic hydroxyl groups is 1. The average molecular weight is 255 g/mol. The maximum atomic E-state index is 9.97. The Morgan fingerprint density at radius 3 is 1.89 bits per heavy atom. The number of aliphatic hydroxyl groups excluding tert-OH is 1. The van der Waals surface area contributed by atoms with Crippen LogP contribution in [-0.4, -0.2) is 29.3 Å². The molecule has 0 aromatic carbocycles. The van der Waals surface area contributed by atoms with Gasteiger partial charge >= 0.3 is 0 Å². The lowest BCUT2D eigenvalue weighted by Crippen LogP contribution is -2.32. The minimum atomic E-state index is -0.156. The Labute approximate surface area is 114 Å². The van der Waals surface area contributed by atoms with E-state index >= 15 is 0 Å². The van der Waals surface area contributed by atoms with Gasteiger partial charge in [-0.05, 0) is 25.7 Å². The van der Waals surface area contributed by atoms with Gasteiger partial charge in [0.25, 0.3) is 0 Å². The van der Waals surface area contributed by atoms with E-state index in [2.05, 4.69) is 11.8 Å². The van der Waals surface area contributed by atoms with Crippen LogP contribution in [0.15, 0.2) is 0 Å². The molecule has 108 valence electrons. The van der Waals surface area contributed by atoms with Gasteiger partial charge in [0.15, 0.2) is 0 Å². The van der Waals surface area contributed by atoms with E-state index in [-0.39, 0.29) is 6.23 Å². The lowest BCUT2D eigenvalue weighted by atomic mass is 10.1. The maximum Gasteiger partial charge on any atom is 0.107 e. The van der Waals surface area contributed by atoms with E-state index in [1.54, 1.807) is 0 Å². The van der Waals surface area contributed by atoms with Crippen molar-refractivity contribution in [1.29, 1.82) is 0 Å². The second-order valence-electron chi connectivity index (χ2n) is 5.84. The molecule has 1 saturated heterocycles. The van der Waals surface area contributed by atoms with Crippen LogP contribution in [0, 0.1) is 0 Å². The SMILES string of the molecule is CCCCCCCCCCCC(O)N1CCCC1. The van der Waals surface area contributed by atoms with E-state index in [1.165, 1.54) is 70.6 Å². The number of rotatable bonds is 11. The van der Waals surface area contributed by atoms with Crippen molar-refractivity contribution in [2.24, 2.45) is 0 Å². The number of hydrogen-bond donors (Lipinski definition) is 1. The van der Waals surface area contributed by atoms with E-state index < -0.39 is 0 Å². The highest BCUT2D eigenvalue weighted by Gasteiger charge is 2.18. The molecule has 0 aromatic heterocycles. The minimum absolute atomic E-state index is 0.156. The molecule has 0 radical (unpaired) electrons. The van der Waals surface area contributed by atoms with Crippen LogP contribution in [0.2, 0.25) is 0 Å². The highest BCUT2D eigenvalue weighted by molar-refractivity contribution is 4.68. The number of nitrogens with zero attached hydrogens (tertiary/aromatic N) is 1. The molecule has 1 N–H and O–H groups in total. The standard InChI is InChI=1S/C16H33NO/c1-2-3-4-5-6-7-8-9-10-13-16(18)17-14-11-12-15-17/h16,18H,2-15H2,1H3. The lowest BCUT2D eigenvalue weighted by molar-refractivity contribution is 0.0121. The van der Waals surface area contributed by atoms with Crippen LogP contribution in [-0.2, 0) is 0 Å². The van der Waals surface area contributed by atoms with Crippen molar-refractivity contribution in [2.75, 3.05) is 13.1 Å². The zero-order valence-electron chi connectivity index (χ0n) is 12.4. The Hall–Kier alpha value is -0.0800. The van der Waals surface area contributed by atoms with Gasteiger partial charge in [-0.15, -0.1) is 0 Å². The molecule has 0 spiro atoms. The molecule has 0 amide bonds. The number of likely N-dealkylation sites (tertiary alicyclic amines) is 1. The van der Waals surface area contributed by atoms with Gasteiger partial charge in [0.05, 0.1) is 0 Å².